The van der Waals surface area contributed by atoms with Crippen LogP contribution in [-0.2, 0) is 19.1 Å². The summed E-state index contributed by atoms with van der Waals surface area (Å²) in [4.78, 5) is 23.8. The maximum absolute atomic E-state index is 11.9. The average molecular weight is 645 g/mol. The molecule has 0 unspecified atom stereocenters. The van der Waals surface area contributed by atoms with E-state index in [0.29, 0.717) is 32.1 Å². The number of ether oxygens (including phenoxy) is 2. The lowest BCUT2D eigenvalue weighted by atomic mass is 10.1. The second-order valence-electron chi connectivity index (χ2n) is 11.7. The summed E-state index contributed by atoms with van der Waals surface area (Å²) in [5.41, 5.74) is 0. The number of aliphatic hydroxyl groups is 3. The summed E-state index contributed by atoms with van der Waals surface area (Å²) in [5.74, 6) is -0.734. The first-order valence-corrected chi connectivity index (χ1v) is 17.7. The Kier molecular flexibility index (Phi) is 31.6. The van der Waals surface area contributed by atoms with Gasteiger partial charge in [0.2, 0.25) is 0 Å². The van der Waals surface area contributed by atoms with Crippen molar-refractivity contribution in [2.45, 2.75) is 148 Å². The smallest absolute Gasteiger partial charge is 0.306 e. The molecule has 0 aliphatic heterocycles. The molecule has 46 heavy (non-hydrogen) atoms. The van der Waals surface area contributed by atoms with Gasteiger partial charge >= 0.3 is 11.9 Å². The molecule has 3 atom stereocenters. The van der Waals surface area contributed by atoms with Gasteiger partial charge in [-0.05, 0) is 38.5 Å². The highest BCUT2D eigenvalue weighted by Crippen LogP contribution is 2.12. The monoisotopic (exact) mass is 644 g/mol. The minimum atomic E-state index is -1.03. The number of esters is 2. The van der Waals surface area contributed by atoms with Crippen molar-refractivity contribution in [3.63, 3.8) is 0 Å². The first-order valence-electron chi connectivity index (χ1n) is 17.7. The van der Waals surface area contributed by atoms with Crippen LogP contribution in [0, 0.1) is 0 Å². The summed E-state index contributed by atoms with van der Waals surface area (Å²) in [5, 5.41) is 29.7. The Labute approximate surface area is 279 Å². The topological polar surface area (TPSA) is 113 Å². The van der Waals surface area contributed by atoms with Gasteiger partial charge < -0.3 is 24.8 Å². The molecule has 7 heteroatoms. The van der Waals surface area contributed by atoms with E-state index in [1.165, 1.54) is 51.4 Å². The Morgan fingerprint density at radius 1 is 0.565 bits per heavy atom. The summed E-state index contributed by atoms with van der Waals surface area (Å²) < 4.78 is 10.2. The van der Waals surface area contributed by atoms with Crippen LogP contribution in [-0.4, -0.2) is 58.8 Å². The highest BCUT2D eigenvalue weighted by atomic mass is 16.6. The zero-order valence-electron chi connectivity index (χ0n) is 28.8. The van der Waals surface area contributed by atoms with Gasteiger partial charge in [-0.1, -0.05) is 151 Å². The van der Waals surface area contributed by atoms with Crippen molar-refractivity contribution in [1.29, 1.82) is 0 Å². The van der Waals surface area contributed by atoms with Crippen molar-refractivity contribution in [3.8, 4) is 0 Å². The molecule has 0 bridgehead atoms. The summed E-state index contributed by atoms with van der Waals surface area (Å²) in [6.07, 6.45) is 37.4. The molecular weight excluding hydrogens is 580 g/mol. The number of unbranched alkanes of at least 4 members (excludes halogenated alkanes) is 10. The molecule has 0 aromatic rings. The number of allylic oxidation sites excluding steroid dienone is 8. The third kappa shape index (κ3) is 32.6. The van der Waals surface area contributed by atoms with Crippen molar-refractivity contribution in [2.24, 2.45) is 0 Å². The van der Waals surface area contributed by atoms with Gasteiger partial charge in [-0.3, -0.25) is 9.59 Å². The maximum atomic E-state index is 11.9. The molecule has 3 N–H and O–H groups in total. The van der Waals surface area contributed by atoms with Crippen LogP contribution >= 0.6 is 0 Å². The quantitative estimate of drug-likeness (QED) is 0.0311. The number of aliphatic hydroxyl groups excluding tert-OH is 3. The first-order chi connectivity index (χ1) is 22.4. The molecule has 0 spiro atoms. The predicted molar refractivity (Wildman–Crippen MR) is 189 cm³/mol. The second kappa shape index (κ2) is 33.6. The van der Waals surface area contributed by atoms with Crippen molar-refractivity contribution in [1.82, 2.24) is 0 Å². The van der Waals surface area contributed by atoms with Crippen LogP contribution in [0.5, 0.6) is 0 Å². The molecule has 0 saturated carbocycles. The second-order valence-corrected chi connectivity index (χ2v) is 11.7. The lowest BCUT2D eigenvalue weighted by Gasteiger charge is -2.12. The fourth-order valence-electron chi connectivity index (χ4n) is 4.40. The van der Waals surface area contributed by atoms with Crippen molar-refractivity contribution < 1.29 is 34.4 Å². The van der Waals surface area contributed by atoms with Crippen molar-refractivity contribution in [2.75, 3.05) is 13.2 Å². The predicted octanol–water partition coefficient (Wildman–Crippen LogP) is 8.55. The van der Waals surface area contributed by atoms with Crippen LogP contribution in [0.4, 0.5) is 0 Å². The molecule has 0 radical (unpaired) electrons. The number of hydrogen-bond acceptors (Lipinski definition) is 7. The van der Waals surface area contributed by atoms with Gasteiger partial charge in [0.15, 0.2) is 0 Å². The zero-order chi connectivity index (χ0) is 33.9. The Bertz CT molecular complexity index is 900. The van der Waals surface area contributed by atoms with E-state index >= 15 is 0 Å². The maximum Gasteiger partial charge on any atom is 0.306 e. The minimum absolute atomic E-state index is 0.169. The summed E-state index contributed by atoms with van der Waals surface area (Å²) in [6.45, 7) is 3.93. The lowest BCUT2D eigenvalue weighted by Crippen LogP contribution is -2.25. The standard InChI is InChI=1S/C39H64O7/c1-3-5-7-8-9-10-11-12-13-17-25-31-38(43)45-33-37(42)34-46-39(44)32-26-18-15-14-16-22-28-36(41)30-24-20-19-23-29-35(40)27-21-6-4-2/h6,15-16,18-24,29-30,35-37,40-42H,3-5,7-14,17,25-28,31-34H2,1-2H3/b18-15-,20-19-,21-6-,22-16-,29-23+,30-24+/t35-,36+,37+/m1/s1. The van der Waals surface area contributed by atoms with E-state index in [-0.39, 0.29) is 25.6 Å². The van der Waals surface area contributed by atoms with E-state index in [2.05, 4.69) is 13.8 Å². The lowest BCUT2D eigenvalue weighted by molar-refractivity contribution is -0.152. The number of hydrogen-bond donors (Lipinski definition) is 3. The van der Waals surface area contributed by atoms with Crippen LogP contribution < -0.4 is 0 Å². The first kappa shape index (κ1) is 43.3. The summed E-state index contributed by atoms with van der Waals surface area (Å²) in [7, 11) is 0. The SMILES string of the molecule is CC/C=C\C[C@@H](O)/C=C/C=C\C=C\[C@@H](O)C/C=C\C/C=C\CCC(=O)OC[C@@H](O)COC(=O)CCCCCCCCCCCCC. The molecule has 0 saturated heterocycles. The zero-order valence-corrected chi connectivity index (χ0v) is 28.8. The third-order valence-electron chi connectivity index (χ3n) is 7.14. The van der Waals surface area contributed by atoms with Crippen LogP contribution in [0.3, 0.4) is 0 Å². The molecule has 0 aliphatic carbocycles. The van der Waals surface area contributed by atoms with Gasteiger partial charge in [-0.15, -0.1) is 0 Å². The van der Waals surface area contributed by atoms with Gasteiger partial charge in [0.05, 0.1) is 12.2 Å². The van der Waals surface area contributed by atoms with Crippen LogP contribution in [0.15, 0.2) is 72.9 Å². The Hall–Kier alpha value is -2.74. The van der Waals surface area contributed by atoms with E-state index in [9.17, 15) is 24.9 Å². The number of rotatable bonds is 30. The Balaban J connectivity index is 3.77. The number of carbonyl (C=O) groups excluding carboxylic acids is 2. The van der Waals surface area contributed by atoms with Gasteiger partial charge in [0, 0.05) is 12.8 Å². The highest BCUT2D eigenvalue weighted by Gasteiger charge is 2.11. The minimum Gasteiger partial charge on any atom is -0.463 e. The van der Waals surface area contributed by atoms with Crippen molar-refractivity contribution in [3.05, 3.63) is 72.9 Å². The van der Waals surface area contributed by atoms with Gasteiger partial charge in [-0.2, -0.15) is 0 Å². The van der Waals surface area contributed by atoms with Gasteiger partial charge in [-0.25, -0.2) is 0 Å². The summed E-state index contributed by atoms with van der Waals surface area (Å²) >= 11 is 0. The fraction of sp³-hybridized carbons (Fsp3) is 0.641. The van der Waals surface area contributed by atoms with Gasteiger partial charge in [0.1, 0.15) is 19.3 Å². The molecule has 0 heterocycles. The van der Waals surface area contributed by atoms with Crippen LogP contribution in [0.1, 0.15) is 129 Å². The molecular formula is C39H64O7. The van der Waals surface area contributed by atoms with E-state index in [4.69, 9.17) is 9.47 Å². The van der Waals surface area contributed by atoms with E-state index in [0.717, 1.165) is 25.7 Å². The number of carbonyl (C=O) groups is 2. The average Bonchev–Trinajstić information content (AvgIpc) is 3.04. The molecule has 0 fully saturated rings. The molecule has 0 aromatic carbocycles. The molecule has 0 rings (SSSR count). The molecule has 0 aromatic heterocycles. The van der Waals surface area contributed by atoms with Crippen LogP contribution in [0.2, 0.25) is 0 Å². The molecule has 0 amide bonds. The van der Waals surface area contributed by atoms with Gasteiger partial charge in [0.25, 0.3) is 0 Å². The van der Waals surface area contributed by atoms with Crippen LogP contribution in [0.25, 0.3) is 0 Å². The Morgan fingerprint density at radius 3 is 1.59 bits per heavy atom. The largest absolute Gasteiger partial charge is 0.463 e. The molecule has 262 valence electrons. The Morgan fingerprint density at radius 2 is 1.04 bits per heavy atom. The highest BCUT2D eigenvalue weighted by molar-refractivity contribution is 5.70. The summed E-state index contributed by atoms with van der Waals surface area (Å²) in [6, 6.07) is 0. The van der Waals surface area contributed by atoms with E-state index in [1.54, 1.807) is 24.3 Å². The molecule has 0 aliphatic rings. The third-order valence-corrected chi connectivity index (χ3v) is 7.14. The van der Waals surface area contributed by atoms with E-state index < -0.39 is 24.3 Å². The van der Waals surface area contributed by atoms with Crippen molar-refractivity contribution >= 4 is 11.9 Å². The molecule has 7 nitrogen and oxygen atoms in total. The fourth-order valence-corrected chi connectivity index (χ4v) is 4.40. The van der Waals surface area contributed by atoms with E-state index in [1.807, 2.05) is 48.6 Å². The normalized spacial score (nSPS) is 14.5.